The Labute approximate surface area is 109 Å². The molecule has 0 bridgehead atoms. The monoisotopic (exact) mass is 260 g/mol. The Kier molecular flexibility index (Phi) is 2.84. The Morgan fingerprint density at radius 2 is 2.11 bits per heavy atom. The molecule has 0 aliphatic heterocycles. The highest BCUT2D eigenvalue weighted by Crippen LogP contribution is 2.30. The molecule has 1 aliphatic rings. The van der Waals surface area contributed by atoms with Crippen LogP contribution in [-0.4, -0.2) is 10.7 Å². The lowest BCUT2D eigenvalue weighted by Gasteiger charge is -2.02. The van der Waals surface area contributed by atoms with Crippen LogP contribution < -0.4 is 0 Å². The molecule has 3 rings (SSSR count). The first-order valence-corrected chi connectivity index (χ1v) is 6.08. The molecule has 1 aliphatic carbocycles. The summed E-state index contributed by atoms with van der Waals surface area (Å²) in [5, 5.41) is 0.773. The predicted octanol–water partition coefficient (Wildman–Crippen LogP) is 3.94. The zero-order valence-corrected chi connectivity index (χ0v) is 10.3. The van der Waals surface area contributed by atoms with Gasteiger partial charge in [-0.05, 0) is 24.5 Å². The van der Waals surface area contributed by atoms with Crippen LogP contribution in [0.5, 0.6) is 0 Å². The minimum absolute atomic E-state index is 0.374. The van der Waals surface area contributed by atoms with Gasteiger partial charge < -0.3 is 0 Å². The maximum Gasteiger partial charge on any atom is 0.143 e. The van der Waals surface area contributed by atoms with Crippen LogP contribution in [0.4, 0.5) is 10.1 Å². The Morgan fingerprint density at radius 3 is 2.94 bits per heavy atom. The fourth-order valence-electron chi connectivity index (χ4n) is 2.19. The van der Waals surface area contributed by atoms with Crippen molar-refractivity contribution in [1.82, 2.24) is 4.98 Å². The molecule has 0 spiro atoms. The van der Waals surface area contributed by atoms with Gasteiger partial charge in [0.1, 0.15) is 5.82 Å². The summed E-state index contributed by atoms with van der Waals surface area (Å²) >= 11 is 6.14. The molecule has 0 amide bonds. The molecule has 2 aromatic rings. The van der Waals surface area contributed by atoms with Crippen molar-refractivity contribution in [2.45, 2.75) is 12.8 Å². The molecule has 0 saturated heterocycles. The van der Waals surface area contributed by atoms with Gasteiger partial charge in [0, 0.05) is 22.4 Å². The number of aliphatic imine (C=N–C) groups is 1. The second-order valence-corrected chi connectivity index (χ2v) is 4.59. The molecular formula is C14H10ClFN2. The second kappa shape index (κ2) is 4.50. The number of benzene rings is 1. The van der Waals surface area contributed by atoms with Gasteiger partial charge in [0.15, 0.2) is 0 Å². The van der Waals surface area contributed by atoms with Gasteiger partial charge >= 0.3 is 0 Å². The maximum absolute atomic E-state index is 13.0. The third-order valence-corrected chi connectivity index (χ3v) is 3.35. The maximum atomic E-state index is 13.0. The van der Waals surface area contributed by atoms with Crippen molar-refractivity contribution in [2.75, 3.05) is 0 Å². The zero-order valence-electron chi connectivity index (χ0n) is 9.53. The SMILES string of the molecule is Fc1cncc(N=C2CCc3c(Cl)cccc32)c1. The van der Waals surface area contributed by atoms with Crippen molar-refractivity contribution in [1.29, 1.82) is 0 Å². The highest BCUT2D eigenvalue weighted by molar-refractivity contribution is 6.32. The van der Waals surface area contributed by atoms with Crippen molar-refractivity contribution >= 4 is 23.0 Å². The van der Waals surface area contributed by atoms with Crippen LogP contribution in [0.15, 0.2) is 41.7 Å². The van der Waals surface area contributed by atoms with Crippen molar-refractivity contribution in [2.24, 2.45) is 4.99 Å². The molecule has 90 valence electrons. The van der Waals surface area contributed by atoms with Crippen LogP contribution in [0.25, 0.3) is 0 Å². The first kappa shape index (κ1) is 11.4. The summed E-state index contributed by atoms with van der Waals surface area (Å²) in [6, 6.07) is 7.17. The minimum atomic E-state index is -0.374. The fourth-order valence-corrected chi connectivity index (χ4v) is 2.46. The van der Waals surface area contributed by atoms with E-state index in [1.807, 2.05) is 18.2 Å². The van der Waals surface area contributed by atoms with E-state index in [1.54, 1.807) is 6.20 Å². The van der Waals surface area contributed by atoms with Crippen molar-refractivity contribution in [3.05, 3.63) is 58.6 Å². The molecule has 0 radical (unpaired) electrons. The third kappa shape index (κ3) is 2.02. The van der Waals surface area contributed by atoms with E-state index in [1.165, 1.54) is 12.3 Å². The van der Waals surface area contributed by atoms with E-state index in [0.717, 1.165) is 34.7 Å². The number of hydrogen-bond acceptors (Lipinski definition) is 2. The van der Waals surface area contributed by atoms with Crippen LogP contribution in [0.3, 0.4) is 0 Å². The van der Waals surface area contributed by atoms with Gasteiger partial charge in [0.05, 0.1) is 18.1 Å². The van der Waals surface area contributed by atoms with E-state index in [4.69, 9.17) is 11.6 Å². The molecule has 4 heteroatoms. The van der Waals surface area contributed by atoms with Crippen LogP contribution in [0.1, 0.15) is 17.5 Å². The summed E-state index contributed by atoms with van der Waals surface area (Å²) in [6.45, 7) is 0. The van der Waals surface area contributed by atoms with E-state index in [-0.39, 0.29) is 5.82 Å². The van der Waals surface area contributed by atoms with E-state index in [9.17, 15) is 4.39 Å². The first-order valence-electron chi connectivity index (χ1n) is 5.70. The molecular weight excluding hydrogens is 251 g/mol. The number of halogens is 2. The van der Waals surface area contributed by atoms with E-state index in [2.05, 4.69) is 9.98 Å². The van der Waals surface area contributed by atoms with Crippen molar-refractivity contribution in [3.8, 4) is 0 Å². The van der Waals surface area contributed by atoms with Crippen molar-refractivity contribution in [3.63, 3.8) is 0 Å². The Bertz CT molecular complexity index is 637. The fraction of sp³-hybridized carbons (Fsp3) is 0.143. The molecule has 1 aromatic carbocycles. The molecule has 0 unspecified atom stereocenters. The van der Waals surface area contributed by atoms with E-state index in [0.29, 0.717) is 5.69 Å². The van der Waals surface area contributed by atoms with Gasteiger partial charge in [-0.15, -0.1) is 0 Å². The summed E-state index contributed by atoms with van der Waals surface area (Å²) in [5.41, 5.74) is 3.67. The summed E-state index contributed by atoms with van der Waals surface area (Å²) in [5.74, 6) is -0.374. The zero-order chi connectivity index (χ0) is 12.5. The Balaban J connectivity index is 2.04. The van der Waals surface area contributed by atoms with E-state index < -0.39 is 0 Å². The summed E-state index contributed by atoms with van der Waals surface area (Å²) in [4.78, 5) is 8.25. The van der Waals surface area contributed by atoms with E-state index >= 15 is 0 Å². The lowest BCUT2D eigenvalue weighted by atomic mass is 10.1. The van der Waals surface area contributed by atoms with Crippen LogP contribution in [-0.2, 0) is 6.42 Å². The highest BCUT2D eigenvalue weighted by Gasteiger charge is 2.19. The average Bonchev–Trinajstić information content (AvgIpc) is 2.74. The number of pyridine rings is 1. The molecule has 0 fully saturated rings. The minimum Gasteiger partial charge on any atom is -0.259 e. The Morgan fingerprint density at radius 1 is 1.22 bits per heavy atom. The number of fused-ring (bicyclic) bond motifs is 1. The normalized spacial score (nSPS) is 16.0. The topological polar surface area (TPSA) is 25.2 Å². The number of aromatic nitrogens is 1. The second-order valence-electron chi connectivity index (χ2n) is 4.19. The first-order chi connectivity index (χ1) is 8.74. The molecule has 1 aromatic heterocycles. The van der Waals surface area contributed by atoms with Gasteiger partial charge in [-0.25, -0.2) is 4.39 Å². The van der Waals surface area contributed by atoms with Gasteiger partial charge in [0.25, 0.3) is 0 Å². The van der Waals surface area contributed by atoms with Gasteiger partial charge in [0.2, 0.25) is 0 Å². The van der Waals surface area contributed by atoms with Crippen LogP contribution in [0, 0.1) is 5.82 Å². The number of nitrogens with zero attached hydrogens (tertiary/aromatic N) is 2. The molecule has 0 saturated carbocycles. The summed E-state index contributed by atoms with van der Waals surface area (Å²) in [7, 11) is 0. The molecule has 18 heavy (non-hydrogen) atoms. The lowest BCUT2D eigenvalue weighted by Crippen LogP contribution is -1.93. The van der Waals surface area contributed by atoms with Gasteiger partial charge in [-0.1, -0.05) is 23.7 Å². The average molecular weight is 261 g/mol. The molecule has 1 heterocycles. The Hall–Kier alpha value is -1.74. The lowest BCUT2D eigenvalue weighted by molar-refractivity contribution is 0.622. The standard InChI is InChI=1S/C14H10ClFN2/c15-13-3-1-2-12-11(13)4-5-14(12)18-10-6-9(16)7-17-8-10/h1-3,6-8H,4-5H2. The summed E-state index contributed by atoms with van der Waals surface area (Å²) < 4.78 is 13.0. The van der Waals surface area contributed by atoms with Crippen molar-refractivity contribution < 1.29 is 4.39 Å². The molecule has 0 atom stereocenters. The largest absolute Gasteiger partial charge is 0.259 e. The highest BCUT2D eigenvalue weighted by atomic mass is 35.5. The smallest absolute Gasteiger partial charge is 0.143 e. The quantitative estimate of drug-likeness (QED) is 0.762. The van der Waals surface area contributed by atoms with Crippen LogP contribution in [0.2, 0.25) is 5.02 Å². The molecule has 2 nitrogen and oxygen atoms in total. The summed E-state index contributed by atoms with van der Waals surface area (Å²) in [6.07, 6.45) is 4.44. The van der Waals surface area contributed by atoms with Gasteiger partial charge in [-0.3, -0.25) is 9.98 Å². The third-order valence-electron chi connectivity index (χ3n) is 3.00. The predicted molar refractivity (Wildman–Crippen MR) is 70.2 cm³/mol. The number of hydrogen-bond donors (Lipinski definition) is 0. The molecule has 0 N–H and O–H groups in total. The van der Waals surface area contributed by atoms with Crippen LogP contribution >= 0.6 is 11.6 Å². The number of rotatable bonds is 1. The van der Waals surface area contributed by atoms with Gasteiger partial charge in [-0.2, -0.15) is 0 Å².